The summed E-state index contributed by atoms with van der Waals surface area (Å²) in [7, 11) is 0. The van der Waals surface area contributed by atoms with Crippen LogP contribution in [0.4, 0.5) is 0 Å². The third-order valence-corrected chi connectivity index (χ3v) is 5.80. The van der Waals surface area contributed by atoms with Gasteiger partial charge in [0, 0.05) is 30.5 Å². The molecule has 100 valence electrons. The monoisotopic (exact) mass is 258 g/mol. The van der Waals surface area contributed by atoms with Crippen LogP contribution in [0, 0.1) is 0 Å². The highest BCUT2D eigenvalue weighted by molar-refractivity contribution is 8.00. The number of ether oxygens (including phenoxy) is 1. The summed E-state index contributed by atoms with van der Waals surface area (Å²) >= 11 is 2.07. The van der Waals surface area contributed by atoms with Crippen molar-refractivity contribution in [3.8, 4) is 0 Å². The second kappa shape index (κ2) is 5.91. The molecule has 2 heterocycles. The van der Waals surface area contributed by atoms with Gasteiger partial charge in [0.15, 0.2) is 0 Å². The van der Waals surface area contributed by atoms with Gasteiger partial charge in [0.1, 0.15) is 0 Å². The zero-order valence-electron chi connectivity index (χ0n) is 11.2. The highest BCUT2D eigenvalue weighted by Gasteiger charge is 2.45. The first kappa shape index (κ1) is 13.7. The van der Waals surface area contributed by atoms with Crippen molar-refractivity contribution < 1.29 is 4.74 Å². The molecule has 0 aromatic heterocycles. The van der Waals surface area contributed by atoms with Gasteiger partial charge in [0.05, 0.1) is 6.10 Å². The second-order valence-electron chi connectivity index (χ2n) is 5.24. The number of piperidine rings is 1. The maximum Gasteiger partial charge on any atom is 0.0702 e. The van der Waals surface area contributed by atoms with E-state index in [1.807, 2.05) is 0 Å². The lowest BCUT2D eigenvalue weighted by molar-refractivity contribution is -0.0314. The van der Waals surface area contributed by atoms with E-state index in [2.05, 4.69) is 30.5 Å². The Balaban J connectivity index is 2.04. The van der Waals surface area contributed by atoms with E-state index in [1.165, 1.54) is 31.6 Å². The maximum absolute atomic E-state index is 6.11. The Hall–Kier alpha value is 0.230. The van der Waals surface area contributed by atoms with Crippen LogP contribution >= 0.6 is 11.8 Å². The molecule has 2 N–H and O–H groups in total. The van der Waals surface area contributed by atoms with Crippen molar-refractivity contribution in [3.05, 3.63) is 0 Å². The zero-order valence-corrected chi connectivity index (χ0v) is 12.0. The summed E-state index contributed by atoms with van der Waals surface area (Å²) < 4.78 is 5.81. The first-order valence-electron chi connectivity index (χ1n) is 6.91. The van der Waals surface area contributed by atoms with Gasteiger partial charge in [-0.3, -0.25) is 4.90 Å². The van der Waals surface area contributed by atoms with Crippen LogP contribution < -0.4 is 5.73 Å². The molecule has 0 aromatic rings. The highest BCUT2D eigenvalue weighted by atomic mass is 32.2. The fourth-order valence-corrected chi connectivity index (χ4v) is 4.80. The van der Waals surface area contributed by atoms with Gasteiger partial charge < -0.3 is 10.5 Å². The first-order valence-corrected chi connectivity index (χ1v) is 7.96. The van der Waals surface area contributed by atoms with Crippen molar-refractivity contribution in [1.82, 2.24) is 4.90 Å². The number of nitrogens with zero attached hydrogens (tertiary/aromatic N) is 1. The van der Waals surface area contributed by atoms with E-state index in [0.717, 1.165) is 19.7 Å². The predicted octanol–water partition coefficient (Wildman–Crippen LogP) is 1.71. The zero-order chi connectivity index (χ0) is 12.3. The molecule has 3 nitrogen and oxygen atoms in total. The van der Waals surface area contributed by atoms with Crippen molar-refractivity contribution in [1.29, 1.82) is 0 Å². The minimum absolute atomic E-state index is 0.237. The molecule has 2 aliphatic heterocycles. The van der Waals surface area contributed by atoms with Crippen molar-refractivity contribution in [2.75, 3.05) is 32.0 Å². The molecule has 0 bridgehead atoms. The van der Waals surface area contributed by atoms with Gasteiger partial charge >= 0.3 is 0 Å². The molecule has 0 radical (unpaired) electrons. The fourth-order valence-electron chi connectivity index (χ4n) is 3.30. The van der Waals surface area contributed by atoms with Crippen LogP contribution in [0.5, 0.6) is 0 Å². The lowest BCUT2D eigenvalue weighted by Crippen LogP contribution is -2.61. The molecular formula is C13H26N2OS. The van der Waals surface area contributed by atoms with E-state index in [4.69, 9.17) is 10.5 Å². The van der Waals surface area contributed by atoms with Gasteiger partial charge in [-0.25, -0.2) is 0 Å². The van der Waals surface area contributed by atoms with Crippen LogP contribution in [0.1, 0.15) is 33.1 Å². The van der Waals surface area contributed by atoms with Gasteiger partial charge in [-0.1, -0.05) is 6.92 Å². The summed E-state index contributed by atoms with van der Waals surface area (Å²) in [6.07, 6.45) is 4.14. The van der Waals surface area contributed by atoms with Gasteiger partial charge in [0.2, 0.25) is 0 Å². The number of likely N-dealkylation sites (tertiary alicyclic amines) is 1. The number of hydrogen-bond acceptors (Lipinski definition) is 4. The summed E-state index contributed by atoms with van der Waals surface area (Å²) in [5.41, 5.74) is 6.35. The van der Waals surface area contributed by atoms with Crippen molar-refractivity contribution in [2.45, 2.75) is 50.0 Å². The summed E-state index contributed by atoms with van der Waals surface area (Å²) in [5.74, 6) is 1.26. The molecule has 0 aliphatic carbocycles. The lowest BCUT2D eigenvalue weighted by atomic mass is 9.88. The fraction of sp³-hybridized carbons (Fsp3) is 1.00. The van der Waals surface area contributed by atoms with Crippen molar-refractivity contribution in [3.63, 3.8) is 0 Å². The first-order chi connectivity index (χ1) is 8.23. The average molecular weight is 258 g/mol. The van der Waals surface area contributed by atoms with Gasteiger partial charge in [0.25, 0.3) is 0 Å². The van der Waals surface area contributed by atoms with Crippen LogP contribution in [-0.4, -0.2) is 53.8 Å². The van der Waals surface area contributed by atoms with Gasteiger partial charge in [-0.2, -0.15) is 11.8 Å². The smallest absolute Gasteiger partial charge is 0.0702 e. The molecule has 3 atom stereocenters. The summed E-state index contributed by atoms with van der Waals surface area (Å²) in [4.78, 5) is 2.63. The van der Waals surface area contributed by atoms with E-state index in [0.29, 0.717) is 11.4 Å². The Morgan fingerprint density at radius 2 is 2.35 bits per heavy atom. The van der Waals surface area contributed by atoms with E-state index < -0.39 is 0 Å². The Labute approximate surface area is 109 Å². The number of thioether (sulfide) groups is 1. The Bertz CT molecular complexity index is 250. The quantitative estimate of drug-likeness (QED) is 0.833. The summed E-state index contributed by atoms with van der Waals surface area (Å²) in [5, 5.41) is 0.660. The van der Waals surface area contributed by atoms with Crippen molar-refractivity contribution in [2.24, 2.45) is 5.73 Å². The topological polar surface area (TPSA) is 38.5 Å². The van der Waals surface area contributed by atoms with Crippen molar-refractivity contribution >= 4 is 11.8 Å². The minimum atomic E-state index is 0.237. The Morgan fingerprint density at radius 1 is 1.53 bits per heavy atom. The Morgan fingerprint density at radius 3 is 2.94 bits per heavy atom. The molecule has 3 unspecified atom stereocenters. The molecule has 0 aromatic carbocycles. The van der Waals surface area contributed by atoms with Crippen LogP contribution in [0.15, 0.2) is 0 Å². The molecule has 2 aliphatic rings. The molecule has 0 amide bonds. The maximum atomic E-state index is 6.11. The van der Waals surface area contributed by atoms with Crippen LogP contribution in [-0.2, 0) is 4.74 Å². The number of rotatable bonds is 4. The van der Waals surface area contributed by atoms with E-state index in [1.54, 1.807) is 0 Å². The van der Waals surface area contributed by atoms with Crippen LogP contribution in [0.3, 0.4) is 0 Å². The molecule has 0 saturated carbocycles. The van der Waals surface area contributed by atoms with Crippen LogP contribution in [0.25, 0.3) is 0 Å². The summed E-state index contributed by atoms with van der Waals surface area (Å²) in [6.45, 7) is 8.33. The highest BCUT2D eigenvalue weighted by Crippen LogP contribution is 2.40. The average Bonchev–Trinajstić information content (AvgIpc) is 2.72. The molecule has 17 heavy (non-hydrogen) atoms. The third-order valence-electron chi connectivity index (χ3n) is 4.42. The standard InChI is InChI=1S/C13H26N2OS/c1-3-16-12-5-4-7-15(9-12)13(10-14)6-8-17-11(13)2/h11-12H,3-10,14H2,1-2H3. The largest absolute Gasteiger partial charge is 0.377 e. The Kier molecular flexibility index (Phi) is 4.75. The lowest BCUT2D eigenvalue weighted by Gasteiger charge is -2.47. The molecule has 2 rings (SSSR count). The van der Waals surface area contributed by atoms with E-state index in [-0.39, 0.29) is 5.54 Å². The molecule has 0 spiro atoms. The normalized spacial score (nSPS) is 39.7. The summed E-state index contributed by atoms with van der Waals surface area (Å²) in [6, 6.07) is 0. The van der Waals surface area contributed by atoms with Gasteiger partial charge in [-0.15, -0.1) is 0 Å². The minimum Gasteiger partial charge on any atom is -0.377 e. The molecule has 2 fully saturated rings. The molecule has 2 saturated heterocycles. The van der Waals surface area contributed by atoms with Crippen LogP contribution in [0.2, 0.25) is 0 Å². The number of nitrogens with two attached hydrogens (primary N) is 1. The predicted molar refractivity (Wildman–Crippen MR) is 74.5 cm³/mol. The molecular weight excluding hydrogens is 232 g/mol. The van der Waals surface area contributed by atoms with E-state index >= 15 is 0 Å². The third kappa shape index (κ3) is 2.65. The molecule has 4 heteroatoms. The number of hydrogen-bond donors (Lipinski definition) is 1. The van der Waals surface area contributed by atoms with Gasteiger partial charge in [-0.05, 0) is 38.5 Å². The van der Waals surface area contributed by atoms with E-state index in [9.17, 15) is 0 Å². The second-order valence-corrected chi connectivity index (χ2v) is 6.69. The SMILES string of the molecule is CCOC1CCCN(C2(CN)CCSC2C)C1.